The molecule has 4 heteroatoms. The number of benzene rings is 3. The molecule has 30 heavy (non-hydrogen) atoms. The molecule has 0 aliphatic carbocycles. The van der Waals surface area contributed by atoms with Crippen molar-refractivity contribution in [2.24, 2.45) is 0 Å². The number of imidazole rings is 1. The second kappa shape index (κ2) is 7.73. The Kier molecular flexibility index (Phi) is 5.10. The van der Waals surface area contributed by atoms with Crippen LogP contribution in [0.5, 0.6) is 0 Å². The number of H-pyrrole nitrogens is 1. The van der Waals surface area contributed by atoms with Gasteiger partial charge in [-0.25, -0.2) is 4.98 Å². The lowest BCUT2D eigenvalue weighted by Crippen LogP contribution is -2.16. The van der Waals surface area contributed by atoms with Gasteiger partial charge in [0.2, 0.25) is 0 Å². The molecule has 0 radical (unpaired) electrons. The molecule has 0 amide bonds. The average molecular weight is 396 g/mol. The van der Waals surface area contributed by atoms with Gasteiger partial charge in [-0.05, 0) is 61.2 Å². The van der Waals surface area contributed by atoms with Crippen LogP contribution in [0.1, 0.15) is 48.1 Å². The van der Waals surface area contributed by atoms with Crippen molar-refractivity contribution in [2.75, 3.05) is 0 Å². The van der Waals surface area contributed by atoms with Crippen LogP contribution in [-0.4, -0.2) is 20.9 Å². The van der Waals surface area contributed by atoms with Crippen molar-refractivity contribution in [1.82, 2.24) is 9.97 Å². The van der Waals surface area contributed by atoms with E-state index in [0.717, 1.165) is 39.1 Å². The molecule has 0 saturated heterocycles. The number of hydrogen-bond acceptors (Lipinski definition) is 3. The van der Waals surface area contributed by atoms with Crippen molar-refractivity contribution in [1.29, 1.82) is 0 Å². The van der Waals surface area contributed by atoms with Gasteiger partial charge in [-0.15, -0.1) is 0 Å². The molecular formula is C26H24N2O2. The Morgan fingerprint density at radius 1 is 1.00 bits per heavy atom. The van der Waals surface area contributed by atoms with E-state index in [-0.39, 0.29) is 5.78 Å². The van der Waals surface area contributed by atoms with Crippen molar-refractivity contribution in [3.8, 4) is 11.1 Å². The number of aromatic nitrogens is 2. The number of carbonyl (C=O) groups excluding carboxylic acids is 1. The van der Waals surface area contributed by atoms with Crippen LogP contribution < -0.4 is 0 Å². The Morgan fingerprint density at radius 3 is 2.43 bits per heavy atom. The zero-order valence-electron chi connectivity index (χ0n) is 17.3. The third-order valence-electron chi connectivity index (χ3n) is 5.15. The number of nitrogens with one attached hydrogen (secondary N) is 1. The van der Waals surface area contributed by atoms with E-state index >= 15 is 0 Å². The fourth-order valence-corrected chi connectivity index (χ4v) is 3.55. The van der Waals surface area contributed by atoms with Crippen molar-refractivity contribution in [3.63, 3.8) is 0 Å². The minimum Gasteiger partial charge on any atom is -0.386 e. The zero-order valence-corrected chi connectivity index (χ0v) is 17.3. The van der Waals surface area contributed by atoms with Crippen LogP contribution in [0.3, 0.4) is 0 Å². The van der Waals surface area contributed by atoms with Gasteiger partial charge in [0.1, 0.15) is 5.82 Å². The molecule has 0 saturated carbocycles. The Labute approximate surface area is 175 Å². The first-order valence-corrected chi connectivity index (χ1v) is 9.92. The quantitative estimate of drug-likeness (QED) is 0.417. The van der Waals surface area contributed by atoms with Gasteiger partial charge in [-0.3, -0.25) is 4.79 Å². The maximum atomic E-state index is 11.4. The number of carbonyl (C=O) groups is 1. The monoisotopic (exact) mass is 396 g/mol. The van der Waals surface area contributed by atoms with Crippen LogP contribution in [0.2, 0.25) is 0 Å². The standard InChI is InChI=1S/C26H24N2O2/c1-17(29)19-11-8-18(9-12-19)10-15-25-27-23-14-13-20(16-24(23)28-25)21-6-4-5-7-22(21)26(2,3)30/h4-16,30H,1-3H3,(H,27,28)/b15-10+. The molecule has 0 unspecified atom stereocenters. The van der Waals surface area contributed by atoms with Crippen LogP contribution >= 0.6 is 0 Å². The van der Waals surface area contributed by atoms with Gasteiger partial charge in [0.15, 0.2) is 5.78 Å². The normalized spacial score (nSPS) is 12.0. The first kappa shape index (κ1) is 19.8. The van der Waals surface area contributed by atoms with E-state index in [1.165, 1.54) is 0 Å². The number of hydrogen-bond donors (Lipinski definition) is 2. The van der Waals surface area contributed by atoms with E-state index in [1.807, 2.05) is 72.8 Å². The van der Waals surface area contributed by atoms with Crippen molar-refractivity contribution < 1.29 is 9.90 Å². The van der Waals surface area contributed by atoms with Gasteiger partial charge in [-0.1, -0.05) is 60.7 Å². The molecule has 0 aliphatic heterocycles. The lowest BCUT2D eigenvalue weighted by atomic mass is 9.89. The number of aromatic amines is 1. The molecule has 1 aromatic heterocycles. The highest BCUT2D eigenvalue weighted by Gasteiger charge is 2.20. The summed E-state index contributed by atoms with van der Waals surface area (Å²) in [6.07, 6.45) is 3.89. The minimum atomic E-state index is -0.925. The van der Waals surface area contributed by atoms with E-state index in [4.69, 9.17) is 0 Å². The summed E-state index contributed by atoms with van der Waals surface area (Å²) in [7, 11) is 0. The number of ketones is 1. The van der Waals surface area contributed by atoms with Crippen molar-refractivity contribution in [3.05, 3.63) is 89.2 Å². The maximum absolute atomic E-state index is 11.4. The van der Waals surface area contributed by atoms with E-state index < -0.39 is 5.60 Å². The largest absolute Gasteiger partial charge is 0.386 e. The van der Waals surface area contributed by atoms with Crippen LogP contribution in [0.4, 0.5) is 0 Å². The van der Waals surface area contributed by atoms with Crippen LogP contribution in [0.15, 0.2) is 66.7 Å². The molecular weight excluding hydrogens is 372 g/mol. The number of nitrogens with zero attached hydrogens (tertiary/aromatic N) is 1. The van der Waals surface area contributed by atoms with Gasteiger partial charge in [0.05, 0.1) is 16.6 Å². The molecule has 4 aromatic rings. The Morgan fingerprint density at radius 2 is 1.73 bits per heavy atom. The highest BCUT2D eigenvalue weighted by molar-refractivity contribution is 5.94. The van der Waals surface area contributed by atoms with Crippen molar-refractivity contribution in [2.45, 2.75) is 26.4 Å². The predicted octanol–water partition coefficient (Wildman–Crippen LogP) is 5.83. The lowest BCUT2D eigenvalue weighted by Gasteiger charge is -2.21. The summed E-state index contributed by atoms with van der Waals surface area (Å²) < 4.78 is 0. The first-order chi connectivity index (χ1) is 14.3. The smallest absolute Gasteiger partial charge is 0.159 e. The van der Waals surface area contributed by atoms with Crippen LogP contribution in [0.25, 0.3) is 34.3 Å². The topological polar surface area (TPSA) is 66.0 Å². The minimum absolute atomic E-state index is 0.0600. The van der Waals surface area contributed by atoms with Gasteiger partial charge in [0, 0.05) is 5.56 Å². The van der Waals surface area contributed by atoms with Crippen LogP contribution in [0, 0.1) is 0 Å². The summed E-state index contributed by atoms with van der Waals surface area (Å²) >= 11 is 0. The molecule has 0 spiro atoms. The number of fused-ring (bicyclic) bond motifs is 1. The third kappa shape index (κ3) is 4.09. The number of rotatable bonds is 5. The van der Waals surface area contributed by atoms with Gasteiger partial charge in [-0.2, -0.15) is 0 Å². The first-order valence-electron chi connectivity index (χ1n) is 9.92. The molecule has 2 N–H and O–H groups in total. The Bertz CT molecular complexity index is 1240. The summed E-state index contributed by atoms with van der Waals surface area (Å²) in [4.78, 5) is 19.4. The molecule has 3 aromatic carbocycles. The van der Waals surface area contributed by atoms with E-state index in [0.29, 0.717) is 5.56 Å². The molecule has 150 valence electrons. The molecule has 0 atom stereocenters. The Hall–Kier alpha value is -3.50. The highest BCUT2D eigenvalue weighted by Crippen LogP contribution is 2.32. The average Bonchev–Trinajstić information content (AvgIpc) is 3.14. The van der Waals surface area contributed by atoms with Crippen molar-refractivity contribution >= 4 is 29.0 Å². The second-order valence-electron chi connectivity index (χ2n) is 7.97. The summed E-state index contributed by atoms with van der Waals surface area (Å²) in [5, 5.41) is 10.5. The predicted molar refractivity (Wildman–Crippen MR) is 122 cm³/mol. The Balaban J connectivity index is 1.64. The SMILES string of the molecule is CC(=O)c1ccc(/C=C/c2nc3ccc(-c4ccccc4C(C)(C)O)cc3[nH]2)cc1. The summed E-state index contributed by atoms with van der Waals surface area (Å²) in [5.74, 6) is 0.818. The lowest BCUT2D eigenvalue weighted by molar-refractivity contribution is 0.0792. The molecule has 4 rings (SSSR count). The number of aliphatic hydroxyl groups is 1. The summed E-state index contributed by atoms with van der Waals surface area (Å²) in [5.41, 5.74) is 5.51. The second-order valence-corrected chi connectivity index (χ2v) is 7.97. The molecule has 1 heterocycles. The summed E-state index contributed by atoms with van der Waals surface area (Å²) in [6.45, 7) is 5.16. The highest BCUT2D eigenvalue weighted by atomic mass is 16.3. The molecule has 0 bridgehead atoms. The third-order valence-corrected chi connectivity index (χ3v) is 5.15. The van der Waals surface area contributed by atoms with E-state index in [1.54, 1.807) is 20.8 Å². The van der Waals surface area contributed by atoms with E-state index in [9.17, 15) is 9.90 Å². The molecule has 0 aliphatic rings. The molecule has 4 nitrogen and oxygen atoms in total. The zero-order chi connectivity index (χ0) is 21.3. The maximum Gasteiger partial charge on any atom is 0.159 e. The van der Waals surface area contributed by atoms with E-state index in [2.05, 4.69) is 16.0 Å². The van der Waals surface area contributed by atoms with Gasteiger partial charge < -0.3 is 10.1 Å². The fraction of sp³-hybridized carbons (Fsp3) is 0.154. The van der Waals surface area contributed by atoms with Crippen LogP contribution in [-0.2, 0) is 5.60 Å². The van der Waals surface area contributed by atoms with Gasteiger partial charge in [0.25, 0.3) is 0 Å². The van der Waals surface area contributed by atoms with Gasteiger partial charge >= 0.3 is 0 Å². The molecule has 0 fully saturated rings. The number of Topliss-reactive ketones (excluding diaryl/α,β-unsaturated/α-hetero) is 1. The summed E-state index contributed by atoms with van der Waals surface area (Å²) in [6, 6.07) is 21.5. The fourth-order valence-electron chi connectivity index (χ4n) is 3.55.